The van der Waals surface area contributed by atoms with E-state index in [1.807, 2.05) is 0 Å². The normalized spacial score (nSPS) is 8.00. The zero-order valence-corrected chi connectivity index (χ0v) is 13.8. The average Bonchev–Trinajstić information content (AvgIpc) is 2.21. The molecule has 2 aromatic carbocycles. The number of hydrogen-bond donors (Lipinski definition) is 0. The predicted molar refractivity (Wildman–Crippen MR) is 55.7 cm³/mol. The van der Waals surface area contributed by atoms with E-state index in [1.165, 1.54) is 11.1 Å². The molecule has 2 aromatic rings. The fourth-order valence-electron chi connectivity index (χ4n) is 1.43. The van der Waals surface area contributed by atoms with Crippen molar-refractivity contribution in [2.45, 2.75) is 6.42 Å². The van der Waals surface area contributed by atoms with Crippen molar-refractivity contribution in [2.24, 2.45) is 0 Å². The Kier molecular flexibility index (Phi) is 11.5. The second-order valence-electron chi connectivity index (χ2n) is 3.15. The van der Waals surface area contributed by atoms with E-state index in [1.54, 1.807) is 0 Å². The van der Waals surface area contributed by atoms with Crippen molar-refractivity contribution >= 4 is 0 Å². The minimum Gasteiger partial charge on any atom is -1.00 e. The van der Waals surface area contributed by atoms with Gasteiger partial charge in [-0.15, -0.1) is 0 Å². The van der Waals surface area contributed by atoms with Crippen molar-refractivity contribution < 1.29 is 50.7 Å². The van der Waals surface area contributed by atoms with E-state index < -0.39 is 0 Å². The largest absolute Gasteiger partial charge is 1.00 e. The van der Waals surface area contributed by atoms with Gasteiger partial charge in [-0.2, -0.15) is 0 Å². The molecule has 16 heavy (non-hydrogen) atoms. The molecular formula is C13H12Cl2Hf-2. The van der Waals surface area contributed by atoms with Gasteiger partial charge in [-0.1, -0.05) is 60.7 Å². The fourth-order valence-corrected chi connectivity index (χ4v) is 1.43. The third-order valence-electron chi connectivity index (χ3n) is 2.09. The third-order valence-corrected chi connectivity index (χ3v) is 2.09. The smallest absolute Gasteiger partial charge is 0 e. The molecule has 0 aliphatic heterocycles. The van der Waals surface area contributed by atoms with E-state index in [4.69, 9.17) is 0 Å². The molecule has 0 unspecified atom stereocenters. The van der Waals surface area contributed by atoms with Crippen molar-refractivity contribution in [3.05, 3.63) is 71.8 Å². The molecule has 0 radical (unpaired) electrons. The Bertz CT molecular complexity index is 325. The maximum atomic E-state index is 2.16. The van der Waals surface area contributed by atoms with Gasteiger partial charge in [0.05, 0.1) is 0 Å². The molecule has 0 atom stereocenters. The summed E-state index contributed by atoms with van der Waals surface area (Å²) in [5.74, 6) is 0. The van der Waals surface area contributed by atoms with E-state index in [-0.39, 0.29) is 50.7 Å². The molecule has 0 N–H and O–H groups in total. The van der Waals surface area contributed by atoms with E-state index in [0.717, 1.165) is 6.42 Å². The van der Waals surface area contributed by atoms with E-state index in [2.05, 4.69) is 60.7 Å². The molecule has 3 heteroatoms. The number of rotatable bonds is 2. The maximum Gasteiger partial charge on any atom is 0 e. The van der Waals surface area contributed by atoms with Crippen LogP contribution in [0.25, 0.3) is 0 Å². The van der Waals surface area contributed by atoms with Gasteiger partial charge in [-0.05, 0) is 17.5 Å². The number of halogens is 2. The summed E-state index contributed by atoms with van der Waals surface area (Å²) in [6.45, 7) is 0. The van der Waals surface area contributed by atoms with Crippen LogP contribution in [0.1, 0.15) is 11.1 Å². The van der Waals surface area contributed by atoms with Crippen molar-refractivity contribution in [2.75, 3.05) is 0 Å². The van der Waals surface area contributed by atoms with Gasteiger partial charge in [0.15, 0.2) is 0 Å². The second-order valence-corrected chi connectivity index (χ2v) is 3.15. The Labute approximate surface area is 128 Å². The molecule has 0 saturated heterocycles. The van der Waals surface area contributed by atoms with Gasteiger partial charge in [-0.3, -0.25) is 0 Å². The number of benzene rings is 2. The molecule has 0 aliphatic rings. The molecule has 0 aliphatic carbocycles. The van der Waals surface area contributed by atoms with Crippen molar-refractivity contribution in [3.63, 3.8) is 0 Å². The van der Waals surface area contributed by atoms with Crippen molar-refractivity contribution in [3.8, 4) is 0 Å². The van der Waals surface area contributed by atoms with Gasteiger partial charge in [-0.25, -0.2) is 0 Å². The molecule has 0 spiro atoms. The molecular weight excluding hydrogens is 406 g/mol. The van der Waals surface area contributed by atoms with Crippen LogP contribution in [0.5, 0.6) is 0 Å². The summed E-state index contributed by atoms with van der Waals surface area (Å²) in [5.41, 5.74) is 2.74. The van der Waals surface area contributed by atoms with Crippen LogP contribution in [0.15, 0.2) is 60.7 Å². The van der Waals surface area contributed by atoms with Crippen LogP contribution in [0.3, 0.4) is 0 Å². The predicted octanol–water partition coefficient (Wildman–Crippen LogP) is -2.72. The van der Waals surface area contributed by atoms with Gasteiger partial charge < -0.3 is 24.8 Å². The Hall–Kier alpha value is -0.110. The van der Waals surface area contributed by atoms with Gasteiger partial charge in [0.2, 0.25) is 0 Å². The SMILES string of the molecule is [Cl-].[Cl-].[Hf].c1ccc(Cc2ccccc2)cc1. The first-order valence-corrected chi connectivity index (χ1v) is 4.53. The summed E-state index contributed by atoms with van der Waals surface area (Å²) in [7, 11) is 0. The Morgan fingerprint density at radius 3 is 1.19 bits per heavy atom. The summed E-state index contributed by atoms with van der Waals surface area (Å²) in [4.78, 5) is 0. The molecule has 0 fully saturated rings. The molecule has 0 saturated carbocycles. The molecule has 0 amide bonds. The van der Waals surface area contributed by atoms with E-state index in [0.29, 0.717) is 0 Å². The fraction of sp³-hybridized carbons (Fsp3) is 0.0769. The topological polar surface area (TPSA) is 0 Å². The summed E-state index contributed by atoms with van der Waals surface area (Å²) >= 11 is 0. The molecule has 84 valence electrons. The first kappa shape index (κ1) is 18.3. The maximum absolute atomic E-state index is 2.16. The quantitative estimate of drug-likeness (QED) is 0.466. The van der Waals surface area contributed by atoms with Crippen LogP contribution in [0.2, 0.25) is 0 Å². The summed E-state index contributed by atoms with van der Waals surface area (Å²) in [6.07, 6.45) is 1.03. The van der Waals surface area contributed by atoms with Crippen LogP contribution >= 0.6 is 0 Å². The van der Waals surface area contributed by atoms with Gasteiger partial charge >= 0.3 is 0 Å². The summed E-state index contributed by atoms with van der Waals surface area (Å²) < 4.78 is 0. The zero-order chi connectivity index (χ0) is 8.93. The molecule has 0 heterocycles. The standard InChI is InChI=1S/C13H12.2ClH.Hf/c1-3-7-12(8-4-1)11-13-9-5-2-6-10-13;;;/h1-10H,11H2;2*1H;/p-2. The van der Waals surface area contributed by atoms with Crippen LogP contribution in [0, 0.1) is 0 Å². The van der Waals surface area contributed by atoms with Crippen LogP contribution < -0.4 is 24.8 Å². The Balaban J connectivity index is 0. The minimum atomic E-state index is 0. The van der Waals surface area contributed by atoms with Gasteiger partial charge in [0.1, 0.15) is 0 Å². The van der Waals surface area contributed by atoms with Crippen LogP contribution in [0.4, 0.5) is 0 Å². The van der Waals surface area contributed by atoms with Crippen molar-refractivity contribution in [1.82, 2.24) is 0 Å². The molecule has 0 nitrogen and oxygen atoms in total. The Morgan fingerprint density at radius 2 is 0.875 bits per heavy atom. The van der Waals surface area contributed by atoms with E-state index in [9.17, 15) is 0 Å². The van der Waals surface area contributed by atoms with Crippen LogP contribution in [-0.4, -0.2) is 0 Å². The monoisotopic (exact) mass is 418 g/mol. The molecule has 2 rings (SSSR count). The zero-order valence-electron chi connectivity index (χ0n) is 8.74. The van der Waals surface area contributed by atoms with Crippen molar-refractivity contribution in [1.29, 1.82) is 0 Å². The summed E-state index contributed by atoms with van der Waals surface area (Å²) in [5, 5.41) is 0. The molecule has 0 bridgehead atoms. The third kappa shape index (κ3) is 5.83. The van der Waals surface area contributed by atoms with E-state index >= 15 is 0 Å². The van der Waals surface area contributed by atoms with Gasteiger partial charge in [0.25, 0.3) is 0 Å². The second kappa shape index (κ2) is 10.1. The summed E-state index contributed by atoms with van der Waals surface area (Å²) in [6, 6.07) is 21.1. The average molecular weight is 418 g/mol. The molecule has 0 aromatic heterocycles. The first-order chi connectivity index (χ1) is 6.45. The minimum absolute atomic E-state index is 0. The number of hydrogen-bond acceptors (Lipinski definition) is 0. The van der Waals surface area contributed by atoms with Gasteiger partial charge in [0, 0.05) is 25.8 Å². The Morgan fingerprint density at radius 1 is 0.562 bits per heavy atom. The van der Waals surface area contributed by atoms with Crippen LogP contribution in [-0.2, 0) is 32.3 Å². The first-order valence-electron chi connectivity index (χ1n) is 4.53.